The summed E-state index contributed by atoms with van der Waals surface area (Å²) in [5.74, 6) is -1.83. The molecule has 1 N–H and O–H groups in total. The van der Waals surface area contributed by atoms with Crippen LogP contribution in [0.5, 0.6) is 0 Å². The molecule has 5 rings (SSSR count). The molecule has 0 bridgehead atoms. The number of nitrogens with one attached hydrogen (secondary N) is 1. The smallest absolute Gasteiger partial charge is 0.169 e. The standard InChI is InChI=1S/C28H20F3N3/c1-17-8-9-19(15-24(17)18(2)33-21-12-10-20(29)11-13-21)22-6-4-14-34-26(22)16-32-28(34)23-5-3-7-25(30)27(23)31/h3-16,33H,2H2,1H3. The Hall–Kier alpha value is -4.32. The Morgan fingerprint density at radius 3 is 2.47 bits per heavy atom. The third-order valence-corrected chi connectivity index (χ3v) is 5.78. The second kappa shape index (κ2) is 8.56. The van der Waals surface area contributed by atoms with E-state index in [1.54, 1.807) is 28.9 Å². The molecule has 0 aliphatic heterocycles. The van der Waals surface area contributed by atoms with Crippen molar-refractivity contribution in [2.75, 3.05) is 5.32 Å². The van der Waals surface area contributed by atoms with Gasteiger partial charge >= 0.3 is 0 Å². The number of anilines is 1. The van der Waals surface area contributed by atoms with E-state index in [1.165, 1.54) is 24.3 Å². The maximum Gasteiger partial charge on any atom is 0.169 e. The summed E-state index contributed by atoms with van der Waals surface area (Å²) in [6.45, 7) is 6.15. The minimum atomic E-state index is -0.929. The topological polar surface area (TPSA) is 29.3 Å². The number of imidazole rings is 1. The summed E-state index contributed by atoms with van der Waals surface area (Å²) in [5.41, 5.74) is 5.98. The van der Waals surface area contributed by atoms with Crippen LogP contribution < -0.4 is 5.32 Å². The summed E-state index contributed by atoms with van der Waals surface area (Å²) in [5, 5.41) is 3.22. The lowest BCUT2D eigenvalue weighted by Crippen LogP contribution is -2.00. The Labute approximate surface area is 194 Å². The van der Waals surface area contributed by atoms with Crippen molar-refractivity contribution >= 4 is 16.9 Å². The van der Waals surface area contributed by atoms with Crippen molar-refractivity contribution in [2.45, 2.75) is 6.92 Å². The largest absolute Gasteiger partial charge is 0.356 e. The van der Waals surface area contributed by atoms with E-state index in [0.29, 0.717) is 11.5 Å². The lowest BCUT2D eigenvalue weighted by Gasteiger charge is -2.15. The molecule has 0 radical (unpaired) electrons. The molecule has 0 fully saturated rings. The van der Waals surface area contributed by atoms with Crippen molar-refractivity contribution < 1.29 is 13.2 Å². The van der Waals surface area contributed by atoms with Gasteiger partial charge in [0.1, 0.15) is 11.6 Å². The van der Waals surface area contributed by atoms with E-state index < -0.39 is 11.6 Å². The fourth-order valence-corrected chi connectivity index (χ4v) is 4.03. The van der Waals surface area contributed by atoms with Crippen LogP contribution in [-0.4, -0.2) is 9.38 Å². The second-order valence-electron chi connectivity index (χ2n) is 8.00. The van der Waals surface area contributed by atoms with Crippen LogP contribution in [-0.2, 0) is 0 Å². The number of hydrogen-bond donors (Lipinski definition) is 1. The molecule has 0 saturated heterocycles. The molecule has 0 saturated carbocycles. The summed E-state index contributed by atoms with van der Waals surface area (Å²) >= 11 is 0. The minimum absolute atomic E-state index is 0.0959. The number of rotatable bonds is 5. The van der Waals surface area contributed by atoms with Gasteiger partial charge in [0.25, 0.3) is 0 Å². The monoisotopic (exact) mass is 455 g/mol. The number of benzene rings is 3. The molecule has 0 aliphatic rings. The van der Waals surface area contributed by atoms with Crippen LogP contribution in [0.3, 0.4) is 0 Å². The van der Waals surface area contributed by atoms with Gasteiger partial charge in [0, 0.05) is 28.7 Å². The highest BCUT2D eigenvalue weighted by Crippen LogP contribution is 2.32. The van der Waals surface area contributed by atoms with Crippen molar-refractivity contribution in [2.24, 2.45) is 0 Å². The first-order chi connectivity index (χ1) is 16.4. The Morgan fingerprint density at radius 2 is 1.68 bits per heavy atom. The summed E-state index contributed by atoms with van der Waals surface area (Å²) in [6.07, 6.45) is 3.43. The van der Waals surface area contributed by atoms with Crippen LogP contribution in [0.2, 0.25) is 0 Å². The van der Waals surface area contributed by atoms with Crippen molar-refractivity contribution in [3.05, 3.63) is 120 Å². The van der Waals surface area contributed by atoms with Crippen molar-refractivity contribution in [1.29, 1.82) is 0 Å². The van der Waals surface area contributed by atoms with Crippen LogP contribution >= 0.6 is 0 Å². The van der Waals surface area contributed by atoms with Crippen LogP contribution in [0.1, 0.15) is 11.1 Å². The maximum atomic E-state index is 14.4. The summed E-state index contributed by atoms with van der Waals surface area (Å²) in [7, 11) is 0. The minimum Gasteiger partial charge on any atom is -0.356 e. The summed E-state index contributed by atoms with van der Waals surface area (Å²) in [6, 6.07) is 19.9. The van der Waals surface area contributed by atoms with E-state index in [-0.39, 0.29) is 11.4 Å². The SMILES string of the molecule is C=C(Nc1ccc(F)cc1)c1cc(-c2cccn3c(-c4cccc(F)c4F)ncc23)ccc1C. The third kappa shape index (κ3) is 3.83. The first-order valence-corrected chi connectivity index (χ1v) is 10.7. The van der Waals surface area contributed by atoms with Crippen LogP contribution in [0.25, 0.3) is 33.7 Å². The molecule has 0 unspecified atom stereocenters. The third-order valence-electron chi connectivity index (χ3n) is 5.78. The summed E-state index contributed by atoms with van der Waals surface area (Å²) < 4.78 is 43.2. The van der Waals surface area contributed by atoms with Gasteiger partial charge < -0.3 is 5.32 Å². The highest BCUT2D eigenvalue weighted by molar-refractivity contribution is 5.85. The molecular formula is C28H20F3N3. The zero-order valence-electron chi connectivity index (χ0n) is 18.3. The molecule has 0 atom stereocenters. The average Bonchev–Trinajstić information content (AvgIpc) is 3.27. The first-order valence-electron chi connectivity index (χ1n) is 10.7. The number of pyridine rings is 1. The molecule has 2 heterocycles. The highest BCUT2D eigenvalue weighted by atomic mass is 19.2. The van der Waals surface area contributed by atoms with Gasteiger partial charge in [-0.2, -0.15) is 0 Å². The van der Waals surface area contributed by atoms with E-state index in [4.69, 9.17) is 0 Å². The number of halogens is 3. The molecular weight excluding hydrogens is 435 g/mol. The molecule has 34 heavy (non-hydrogen) atoms. The lowest BCUT2D eigenvalue weighted by atomic mass is 9.98. The van der Waals surface area contributed by atoms with E-state index in [0.717, 1.165) is 39.5 Å². The number of fused-ring (bicyclic) bond motifs is 1. The molecule has 2 aromatic heterocycles. The molecule has 5 aromatic rings. The van der Waals surface area contributed by atoms with Gasteiger partial charge in [-0.1, -0.05) is 30.8 Å². The van der Waals surface area contributed by atoms with Gasteiger partial charge in [0.2, 0.25) is 0 Å². The summed E-state index contributed by atoms with van der Waals surface area (Å²) in [4.78, 5) is 4.39. The van der Waals surface area contributed by atoms with Gasteiger partial charge in [0.15, 0.2) is 11.6 Å². The van der Waals surface area contributed by atoms with Crippen molar-refractivity contribution in [3.63, 3.8) is 0 Å². The molecule has 3 nitrogen and oxygen atoms in total. The molecule has 0 aliphatic carbocycles. The fourth-order valence-electron chi connectivity index (χ4n) is 4.03. The predicted octanol–water partition coefficient (Wildman–Crippen LogP) is 7.48. The Kier molecular flexibility index (Phi) is 5.42. The van der Waals surface area contributed by atoms with E-state index in [2.05, 4.69) is 16.9 Å². The predicted molar refractivity (Wildman–Crippen MR) is 130 cm³/mol. The van der Waals surface area contributed by atoms with E-state index >= 15 is 0 Å². The Bertz CT molecular complexity index is 1540. The quantitative estimate of drug-likeness (QED) is 0.298. The molecule has 3 aromatic carbocycles. The zero-order valence-corrected chi connectivity index (χ0v) is 18.3. The van der Waals surface area contributed by atoms with E-state index in [1.807, 2.05) is 37.3 Å². The Morgan fingerprint density at radius 1 is 0.912 bits per heavy atom. The van der Waals surface area contributed by atoms with Gasteiger partial charge in [0.05, 0.1) is 17.3 Å². The number of hydrogen-bond acceptors (Lipinski definition) is 2. The first kappa shape index (κ1) is 21.5. The molecule has 6 heteroatoms. The normalized spacial score (nSPS) is 11.1. The molecule has 168 valence electrons. The van der Waals surface area contributed by atoms with Crippen LogP contribution in [0.4, 0.5) is 18.9 Å². The fraction of sp³-hybridized carbons (Fsp3) is 0.0357. The average molecular weight is 455 g/mol. The highest BCUT2D eigenvalue weighted by Gasteiger charge is 2.16. The van der Waals surface area contributed by atoms with Gasteiger partial charge in [-0.15, -0.1) is 0 Å². The van der Waals surface area contributed by atoms with Crippen LogP contribution in [0, 0.1) is 24.4 Å². The van der Waals surface area contributed by atoms with Crippen molar-refractivity contribution in [3.8, 4) is 22.5 Å². The zero-order chi connectivity index (χ0) is 23.8. The number of nitrogens with zero attached hydrogens (tertiary/aromatic N) is 2. The lowest BCUT2D eigenvalue weighted by molar-refractivity contribution is 0.510. The Balaban J connectivity index is 1.55. The molecule has 0 amide bonds. The second-order valence-corrected chi connectivity index (χ2v) is 8.00. The maximum absolute atomic E-state index is 14.4. The number of aryl methyl sites for hydroxylation is 1. The van der Waals surface area contributed by atoms with Crippen LogP contribution in [0.15, 0.2) is 91.8 Å². The number of aromatic nitrogens is 2. The van der Waals surface area contributed by atoms with E-state index in [9.17, 15) is 13.2 Å². The molecule has 0 spiro atoms. The van der Waals surface area contributed by atoms with Gasteiger partial charge in [-0.05, 0) is 66.6 Å². The van der Waals surface area contributed by atoms with Gasteiger partial charge in [-0.3, -0.25) is 4.40 Å². The van der Waals surface area contributed by atoms with Gasteiger partial charge in [-0.25, -0.2) is 18.2 Å². The van der Waals surface area contributed by atoms with Crippen molar-refractivity contribution in [1.82, 2.24) is 9.38 Å².